The number of halogens is 2. The van der Waals surface area contributed by atoms with Crippen molar-refractivity contribution in [3.05, 3.63) is 98.3 Å². The summed E-state index contributed by atoms with van der Waals surface area (Å²) in [4.78, 5) is 13.0. The predicted molar refractivity (Wildman–Crippen MR) is 118 cm³/mol. The van der Waals surface area contributed by atoms with Crippen LogP contribution in [0.2, 0.25) is 10.0 Å². The van der Waals surface area contributed by atoms with Crippen molar-refractivity contribution in [2.75, 3.05) is 0 Å². The van der Waals surface area contributed by atoms with Gasteiger partial charge in [-0.05, 0) is 31.2 Å². The first-order chi connectivity index (χ1) is 13.9. The highest BCUT2D eigenvalue weighted by molar-refractivity contribution is 6.33. The third-order valence-corrected chi connectivity index (χ3v) is 5.43. The molecule has 3 aromatic carbocycles. The molecule has 1 N–H and O–H groups in total. The number of hydrogen-bond donors (Lipinski definition) is 1. The Labute approximate surface area is 178 Å². The summed E-state index contributed by atoms with van der Waals surface area (Å²) in [6.45, 7) is 1.98. The first-order valence-corrected chi connectivity index (χ1v) is 9.89. The van der Waals surface area contributed by atoms with Crippen LogP contribution < -0.4 is 5.56 Å². The second-order valence-electron chi connectivity index (χ2n) is 6.93. The molecule has 0 saturated heterocycles. The third-order valence-electron chi connectivity index (χ3n) is 4.86. The van der Waals surface area contributed by atoms with Gasteiger partial charge in [0, 0.05) is 26.6 Å². The van der Waals surface area contributed by atoms with Crippen LogP contribution >= 0.6 is 23.2 Å². The lowest BCUT2D eigenvalue weighted by atomic mass is 10.0. The number of nitrogens with zero attached hydrogens (tertiary/aromatic N) is 2. The Morgan fingerprint density at radius 1 is 1.00 bits per heavy atom. The molecule has 6 heteroatoms. The van der Waals surface area contributed by atoms with Crippen molar-refractivity contribution in [2.24, 2.45) is 0 Å². The summed E-state index contributed by atoms with van der Waals surface area (Å²) in [5, 5.41) is 17.5. The topological polar surface area (TPSA) is 55.1 Å². The molecule has 146 valence electrons. The summed E-state index contributed by atoms with van der Waals surface area (Å²) in [5.74, 6) is 0. The average molecular weight is 425 g/mol. The van der Waals surface area contributed by atoms with E-state index >= 15 is 0 Å². The molecule has 0 amide bonds. The Balaban J connectivity index is 1.84. The molecule has 0 aliphatic heterocycles. The van der Waals surface area contributed by atoms with E-state index in [9.17, 15) is 9.90 Å². The van der Waals surface area contributed by atoms with Crippen LogP contribution in [0, 0.1) is 6.92 Å². The normalized spacial score (nSPS) is 12.3. The highest BCUT2D eigenvalue weighted by Gasteiger charge is 2.17. The summed E-state index contributed by atoms with van der Waals surface area (Å²) in [6.07, 6.45) is -1.03. The van der Waals surface area contributed by atoms with Gasteiger partial charge in [-0.2, -0.15) is 5.10 Å². The molecule has 0 saturated carbocycles. The fourth-order valence-corrected chi connectivity index (χ4v) is 3.74. The lowest BCUT2D eigenvalue weighted by molar-refractivity contribution is 0.150. The highest BCUT2D eigenvalue weighted by atomic mass is 35.5. The maximum atomic E-state index is 13.0. The van der Waals surface area contributed by atoms with Crippen LogP contribution in [-0.4, -0.2) is 14.9 Å². The minimum absolute atomic E-state index is 0.0391. The number of fused-ring (bicyclic) bond motifs is 1. The molecule has 29 heavy (non-hydrogen) atoms. The Morgan fingerprint density at radius 2 is 1.69 bits per heavy atom. The molecule has 1 atom stereocenters. The van der Waals surface area contributed by atoms with E-state index in [1.807, 2.05) is 49.4 Å². The molecule has 4 aromatic rings. The molecular formula is C23H18Cl2N2O2. The van der Waals surface area contributed by atoms with E-state index in [0.717, 1.165) is 16.5 Å². The van der Waals surface area contributed by atoms with Gasteiger partial charge in [0.1, 0.15) is 6.10 Å². The first kappa shape index (κ1) is 19.6. The lowest BCUT2D eigenvalue weighted by Crippen LogP contribution is -2.26. The number of aromatic nitrogens is 2. The number of hydrogen-bond acceptors (Lipinski definition) is 3. The molecule has 1 unspecified atom stereocenters. The molecule has 0 spiro atoms. The van der Waals surface area contributed by atoms with Crippen molar-refractivity contribution < 1.29 is 5.11 Å². The lowest BCUT2D eigenvalue weighted by Gasteiger charge is -2.16. The molecule has 0 aliphatic carbocycles. The second-order valence-corrected chi connectivity index (χ2v) is 7.77. The van der Waals surface area contributed by atoms with Crippen LogP contribution in [0.1, 0.15) is 17.2 Å². The van der Waals surface area contributed by atoms with E-state index in [1.54, 1.807) is 24.3 Å². The Morgan fingerprint density at radius 3 is 2.41 bits per heavy atom. The largest absolute Gasteiger partial charge is 0.386 e. The number of benzene rings is 3. The van der Waals surface area contributed by atoms with Gasteiger partial charge in [-0.25, -0.2) is 4.68 Å². The molecule has 1 heterocycles. The van der Waals surface area contributed by atoms with Crippen LogP contribution in [0.4, 0.5) is 0 Å². The highest BCUT2D eigenvalue weighted by Crippen LogP contribution is 2.28. The molecule has 4 rings (SSSR count). The molecule has 0 radical (unpaired) electrons. The van der Waals surface area contributed by atoms with Gasteiger partial charge in [0.05, 0.1) is 17.6 Å². The Kier molecular flexibility index (Phi) is 5.41. The monoisotopic (exact) mass is 424 g/mol. The first-order valence-electron chi connectivity index (χ1n) is 9.14. The van der Waals surface area contributed by atoms with Gasteiger partial charge < -0.3 is 5.11 Å². The zero-order valence-electron chi connectivity index (χ0n) is 15.6. The van der Waals surface area contributed by atoms with E-state index in [0.29, 0.717) is 26.7 Å². The van der Waals surface area contributed by atoms with Crippen molar-refractivity contribution in [2.45, 2.75) is 19.6 Å². The number of aliphatic hydroxyl groups is 1. The summed E-state index contributed by atoms with van der Waals surface area (Å²) in [6, 6.07) is 20.2. The van der Waals surface area contributed by atoms with E-state index in [2.05, 4.69) is 5.10 Å². The van der Waals surface area contributed by atoms with Gasteiger partial charge in [-0.1, -0.05) is 71.2 Å². The average Bonchev–Trinajstić information content (AvgIpc) is 2.72. The SMILES string of the molecule is Cc1ccc(-c2nn(CC(O)c3cc(Cl)ccc3Cl)c(=O)c3ccccc23)cc1. The quantitative estimate of drug-likeness (QED) is 0.476. The van der Waals surface area contributed by atoms with Crippen LogP contribution in [0.25, 0.3) is 22.0 Å². The van der Waals surface area contributed by atoms with Crippen molar-refractivity contribution >= 4 is 34.0 Å². The summed E-state index contributed by atoms with van der Waals surface area (Å²) in [5.41, 5.74) is 2.91. The fourth-order valence-electron chi connectivity index (χ4n) is 3.32. The van der Waals surface area contributed by atoms with Crippen molar-refractivity contribution in [1.82, 2.24) is 9.78 Å². The maximum absolute atomic E-state index is 13.0. The van der Waals surface area contributed by atoms with Gasteiger partial charge >= 0.3 is 0 Å². The van der Waals surface area contributed by atoms with Gasteiger partial charge in [0.2, 0.25) is 0 Å². The van der Waals surface area contributed by atoms with Crippen LogP contribution in [0.5, 0.6) is 0 Å². The zero-order chi connectivity index (χ0) is 20.5. The summed E-state index contributed by atoms with van der Waals surface area (Å²) >= 11 is 12.2. The summed E-state index contributed by atoms with van der Waals surface area (Å²) in [7, 11) is 0. The van der Waals surface area contributed by atoms with Gasteiger partial charge in [0.15, 0.2) is 0 Å². The van der Waals surface area contributed by atoms with Gasteiger partial charge in [-0.15, -0.1) is 0 Å². The van der Waals surface area contributed by atoms with Crippen molar-refractivity contribution in [3.8, 4) is 11.3 Å². The third kappa shape index (κ3) is 3.92. The molecule has 0 bridgehead atoms. The van der Waals surface area contributed by atoms with Gasteiger partial charge in [0.25, 0.3) is 5.56 Å². The molecule has 4 nitrogen and oxygen atoms in total. The molecule has 1 aromatic heterocycles. The molecule has 0 aliphatic rings. The fraction of sp³-hybridized carbons (Fsp3) is 0.130. The van der Waals surface area contributed by atoms with Gasteiger partial charge in [-0.3, -0.25) is 4.79 Å². The van der Waals surface area contributed by atoms with Crippen LogP contribution in [0.3, 0.4) is 0 Å². The Bertz CT molecular complexity index is 1250. The summed E-state index contributed by atoms with van der Waals surface area (Å²) < 4.78 is 1.29. The van der Waals surface area contributed by atoms with E-state index in [1.165, 1.54) is 4.68 Å². The maximum Gasteiger partial charge on any atom is 0.274 e. The minimum atomic E-state index is -1.03. The van der Waals surface area contributed by atoms with Crippen LogP contribution in [-0.2, 0) is 6.54 Å². The second kappa shape index (κ2) is 7.99. The van der Waals surface area contributed by atoms with Crippen molar-refractivity contribution in [3.63, 3.8) is 0 Å². The zero-order valence-corrected chi connectivity index (χ0v) is 17.2. The van der Waals surface area contributed by atoms with E-state index < -0.39 is 6.10 Å². The standard InChI is InChI=1S/C23H18Cl2N2O2/c1-14-6-8-15(9-7-14)22-17-4-2-3-5-18(17)23(29)27(26-22)13-21(28)19-12-16(24)10-11-20(19)25/h2-12,21,28H,13H2,1H3. The number of aliphatic hydroxyl groups excluding tert-OH is 1. The number of rotatable bonds is 4. The molecule has 0 fully saturated rings. The van der Waals surface area contributed by atoms with Crippen molar-refractivity contribution in [1.29, 1.82) is 0 Å². The predicted octanol–water partition coefficient (Wildman–Crippen LogP) is 5.41. The smallest absolute Gasteiger partial charge is 0.274 e. The molecular weight excluding hydrogens is 407 g/mol. The minimum Gasteiger partial charge on any atom is -0.386 e. The number of aryl methyl sites for hydroxylation is 1. The van der Waals surface area contributed by atoms with E-state index in [-0.39, 0.29) is 12.1 Å². The Hall–Kier alpha value is -2.66. The van der Waals surface area contributed by atoms with E-state index in [4.69, 9.17) is 23.2 Å². The van der Waals surface area contributed by atoms with Crippen LogP contribution in [0.15, 0.2) is 71.5 Å².